The molecule has 1 fully saturated rings. The number of aromatic amines is 1. The predicted octanol–water partition coefficient (Wildman–Crippen LogP) is 1.86. The van der Waals surface area contributed by atoms with Crippen LogP contribution in [0, 0.1) is 24.2 Å². The summed E-state index contributed by atoms with van der Waals surface area (Å²) in [7, 11) is 0. The quantitative estimate of drug-likeness (QED) is 0.727. The Hall–Kier alpha value is -3.50. The van der Waals surface area contributed by atoms with Crippen molar-refractivity contribution in [3.8, 4) is 6.07 Å². The van der Waals surface area contributed by atoms with Crippen LogP contribution < -0.4 is 15.8 Å². The fraction of sp³-hybridized carbons (Fsp3) is 0.238. The van der Waals surface area contributed by atoms with Crippen molar-refractivity contribution in [1.82, 2.24) is 15.3 Å². The minimum atomic E-state index is -0.491. The molecule has 7 nitrogen and oxygen atoms in total. The highest BCUT2D eigenvalue weighted by Gasteiger charge is 2.32. The number of H-pyrrole nitrogens is 1. The summed E-state index contributed by atoms with van der Waals surface area (Å²) in [6.07, 6.45) is 3.32. The lowest BCUT2D eigenvalue weighted by Crippen LogP contribution is -2.52. The van der Waals surface area contributed by atoms with Crippen LogP contribution in [0.2, 0.25) is 0 Å². The number of hydrogen-bond donors (Lipinski definition) is 2. The molecule has 28 heavy (non-hydrogen) atoms. The molecule has 7 heteroatoms. The molecule has 0 saturated carbocycles. The SMILES string of the molecule is Cc1ccc2c(N(Cc3ccncc3)C(=O)C3CNC3)c(C#N)c(=O)[nH]c2c1. The summed E-state index contributed by atoms with van der Waals surface area (Å²) in [4.78, 5) is 34.2. The van der Waals surface area contributed by atoms with Crippen molar-refractivity contribution in [1.29, 1.82) is 5.26 Å². The van der Waals surface area contributed by atoms with Crippen LogP contribution in [-0.4, -0.2) is 29.0 Å². The second-order valence-corrected chi connectivity index (χ2v) is 6.97. The van der Waals surface area contributed by atoms with Gasteiger partial charge in [0.05, 0.1) is 23.7 Å². The molecule has 1 amide bonds. The van der Waals surface area contributed by atoms with E-state index in [2.05, 4.69) is 15.3 Å². The molecule has 1 aliphatic heterocycles. The normalized spacial score (nSPS) is 13.7. The molecule has 0 aliphatic carbocycles. The first-order valence-electron chi connectivity index (χ1n) is 9.06. The fourth-order valence-electron chi connectivity index (χ4n) is 3.40. The number of hydrogen-bond acceptors (Lipinski definition) is 5. The van der Waals surface area contributed by atoms with E-state index in [0.717, 1.165) is 11.1 Å². The minimum absolute atomic E-state index is 0.0500. The third-order valence-corrected chi connectivity index (χ3v) is 5.01. The monoisotopic (exact) mass is 373 g/mol. The highest BCUT2D eigenvalue weighted by atomic mass is 16.2. The number of carbonyl (C=O) groups excluding carboxylic acids is 1. The smallest absolute Gasteiger partial charge is 0.268 e. The number of anilines is 1. The number of aryl methyl sites for hydroxylation is 1. The van der Waals surface area contributed by atoms with Gasteiger partial charge in [0, 0.05) is 30.9 Å². The van der Waals surface area contributed by atoms with Crippen molar-refractivity contribution in [3.63, 3.8) is 0 Å². The summed E-state index contributed by atoms with van der Waals surface area (Å²) in [5.41, 5.74) is 2.29. The van der Waals surface area contributed by atoms with Gasteiger partial charge in [-0.2, -0.15) is 5.26 Å². The number of fused-ring (bicyclic) bond motifs is 1. The molecule has 4 rings (SSSR count). The van der Waals surface area contributed by atoms with Crippen molar-refractivity contribution in [2.24, 2.45) is 5.92 Å². The van der Waals surface area contributed by atoms with Crippen molar-refractivity contribution >= 4 is 22.5 Å². The first-order chi connectivity index (χ1) is 13.6. The Balaban J connectivity index is 1.94. The van der Waals surface area contributed by atoms with Gasteiger partial charge < -0.3 is 15.2 Å². The number of aromatic nitrogens is 2. The molecule has 2 aromatic heterocycles. The number of rotatable bonds is 4. The van der Waals surface area contributed by atoms with Gasteiger partial charge >= 0.3 is 0 Å². The maximum Gasteiger partial charge on any atom is 0.268 e. The Morgan fingerprint density at radius 2 is 2.04 bits per heavy atom. The van der Waals surface area contributed by atoms with E-state index in [0.29, 0.717) is 29.7 Å². The summed E-state index contributed by atoms with van der Waals surface area (Å²) in [5.74, 6) is -0.271. The summed E-state index contributed by atoms with van der Waals surface area (Å²) in [5, 5.41) is 13.5. The average molecular weight is 373 g/mol. The van der Waals surface area contributed by atoms with Gasteiger partial charge in [0.2, 0.25) is 5.91 Å². The molecule has 1 aromatic carbocycles. The predicted molar refractivity (Wildman–Crippen MR) is 106 cm³/mol. The number of nitriles is 1. The third kappa shape index (κ3) is 3.15. The number of pyridine rings is 2. The average Bonchev–Trinajstić information content (AvgIpc) is 2.64. The van der Waals surface area contributed by atoms with E-state index >= 15 is 0 Å². The van der Waals surface area contributed by atoms with Gasteiger partial charge in [-0.25, -0.2) is 0 Å². The number of nitrogens with one attached hydrogen (secondary N) is 2. The Bertz CT molecular complexity index is 1140. The van der Waals surface area contributed by atoms with E-state index in [1.165, 1.54) is 0 Å². The molecule has 1 aliphatic rings. The Morgan fingerprint density at radius 3 is 2.68 bits per heavy atom. The fourth-order valence-corrected chi connectivity index (χ4v) is 3.40. The first kappa shape index (κ1) is 17.9. The maximum absolute atomic E-state index is 13.3. The summed E-state index contributed by atoms with van der Waals surface area (Å²) < 4.78 is 0. The molecule has 0 bridgehead atoms. The van der Waals surface area contributed by atoms with E-state index in [1.807, 2.05) is 43.3 Å². The van der Waals surface area contributed by atoms with Crippen molar-refractivity contribution in [2.75, 3.05) is 18.0 Å². The summed E-state index contributed by atoms with van der Waals surface area (Å²) >= 11 is 0. The molecule has 0 spiro atoms. The standard InChI is InChI=1S/C21H19N5O2/c1-13-2-3-16-18(8-13)25-20(27)17(9-22)19(16)26(21(28)15-10-24-11-15)12-14-4-6-23-7-5-14/h2-8,15,24H,10-12H2,1H3,(H,25,27). The number of carbonyl (C=O) groups is 1. The molecule has 2 N–H and O–H groups in total. The topological polar surface area (TPSA) is 102 Å². The summed E-state index contributed by atoms with van der Waals surface area (Å²) in [6.45, 7) is 3.37. The second kappa shape index (κ2) is 7.25. The van der Waals surface area contributed by atoms with E-state index in [9.17, 15) is 14.9 Å². The minimum Gasteiger partial charge on any atom is -0.321 e. The van der Waals surface area contributed by atoms with E-state index < -0.39 is 5.56 Å². The van der Waals surface area contributed by atoms with Crippen LogP contribution in [0.3, 0.4) is 0 Å². The Morgan fingerprint density at radius 1 is 1.29 bits per heavy atom. The molecule has 0 unspecified atom stereocenters. The second-order valence-electron chi connectivity index (χ2n) is 6.97. The van der Waals surface area contributed by atoms with Crippen molar-refractivity contribution in [2.45, 2.75) is 13.5 Å². The van der Waals surface area contributed by atoms with E-state index in [1.54, 1.807) is 17.3 Å². The van der Waals surface area contributed by atoms with Crippen LogP contribution in [-0.2, 0) is 11.3 Å². The van der Waals surface area contributed by atoms with Gasteiger partial charge in [0.1, 0.15) is 11.6 Å². The van der Waals surface area contributed by atoms with Gasteiger partial charge in [-0.1, -0.05) is 12.1 Å². The molecule has 1 saturated heterocycles. The van der Waals surface area contributed by atoms with Gasteiger partial charge in [0.15, 0.2) is 0 Å². The molecular formula is C21H19N5O2. The lowest BCUT2D eigenvalue weighted by Gasteiger charge is -2.33. The van der Waals surface area contributed by atoms with Crippen LogP contribution in [0.15, 0.2) is 47.5 Å². The highest BCUT2D eigenvalue weighted by Crippen LogP contribution is 2.31. The zero-order valence-corrected chi connectivity index (χ0v) is 15.4. The third-order valence-electron chi connectivity index (χ3n) is 5.01. The maximum atomic E-state index is 13.3. The Labute approximate surface area is 161 Å². The lowest BCUT2D eigenvalue weighted by molar-refractivity contribution is -0.123. The number of nitrogens with zero attached hydrogens (tertiary/aromatic N) is 3. The lowest BCUT2D eigenvalue weighted by atomic mass is 9.99. The summed E-state index contributed by atoms with van der Waals surface area (Å²) in [6, 6.07) is 11.3. The first-order valence-corrected chi connectivity index (χ1v) is 9.06. The molecule has 140 valence electrons. The van der Waals surface area contributed by atoms with Gasteiger partial charge in [-0.05, 0) is 36.2 Å². The van der Waals surface area contributed by atoms with Crippen molar-refractivity contribution < 1.29 is 4.79 Å². The number of benzene rings is 1. The van der Waals surface area contributed by atoms with Gasteiger partial charge in [0.25, 0.3) is 5.56 Å². The molecule has 3 aromatic rings. The van der Waals surface area contributed by atoms with Crippen LogP contribution in [0.5, 0.6) is 0 Å². The van der Waals surface area contributed by atoms with E-state index in [-0.39, 0.29) is 23.9 Å². The van der Waals surface area contributed by atoms with Gasteiger partial charge in [-0.15, -0.1) is 0 Å². The molecule has 0 radical (unpaired) electrons. The van der Waals surface area contributed by atoms with Crippen LogP contribution >= 0.6 is 0 Å². The van der Waals surface area contributed by atoms with Crippen LogP contribution in [0.1, 0.15) is 16.7 Å². The van der Waals surface area contributed by atoms with E-state index in [4.69, 9.17) is 0 Å². The van der Waals surface area contributed by atoms with Crippen LogP contribution in [0.4, 0.5) is 5.69 Å². The molecular weight excluding hydrogens is 354 g/mol. The molecule has 3 heterocycles. The highest BCUT2D eigenvalue weighted by molar-refractivity contribution is 6.05. The van der Waals surface area contributed by atoms with Gasteiger partial charge in [-0.3, -0.25) is 14.6 Å². The largest absolute Gasteiger partial charge is 0.321 e. The molecule has 0 atom stereocenters. The zero-order chi connectivity index (χ0) is 19.7. The number of amides is 1. The Kier molecular flexibility index (Phi) is 4.63. The van der Waals surface area contributed by atoms with Crippen molar-refractivity contribution in [3.05, 3.63) is 69.8 Å². The zero-order valence-electron chi connectivity index (χ0n) is 15.4. The van der Waals surface area contributed by atoms with Crippen LogP contribution in [0.25, 0.3) is 10.9 Å².